The van der Waals surface area contributed by atoms with E-state index in [1.165, 1.54) is 6.08 Å². The highest BCUT2D eigenvalue weighted by Gasteiger charge is 2.08. The molecule has 0 aliphatic heterocycles. The van der Waals surface area contributed by atoms with Gasteiger partial charge in [-0.25, -0.2) is 0 Å². The van der Waals surface area contributed by atoms with E-state index < -0.39 is 0 Å². The summed E-state index contributed by atoms with van der Waals surface area (Å²) in [4.78, 5) is 10.8. The third kappa shape index (κ3) is 2.18. The lowest BCUT2D eigenvalue weighted by Gasteiger charge is -2.00. The average Bonchev–Trinajstić information content (AvgIpc) is 2.43. The predicted molar refractivity (Wildman–Crippen MR) is 48.0 cm³/mol. The second-order valence-electron chi connectivity index (χ2n) is 2.72. The molecule has 1 aromatic heterocycles. The Balaban J connectivity index is 2.63. The number of amides is 1. The smallest absolute Gasteiger partial charge is 0.243 e. The van der Waals surface area contributed by atoms with Crippen LogP contribution in [0, 0.1) is 13.8 Å². The van der Waals surface area contributed by atoms with Crippen molar-refractivity contribution in [2.75, 3.05) is 0 Å². The van der Waals surface area contributed by atoms with Gasteiger partial charge in [0.25, 0.3) is 0 Å². The number of aryl methyl sites for hydroxylation is 2. The van der Waals surface area contributed by atoms with Crippen molar-refractivity contribution in [3.63, 3.8) is 0 Å². The molecular formula is C9H12N2O2. The normalized spacial score (nSPS) is 9.69. The Morgan fingerprint density at radius 1 is 1.69 bits per heavy atom. The fourth-order valence-electron chi connectivity index (χ4n) is 1.00. The number of hydrogen-bond acceptors (Lipinski definition) is 3. The molecule has 0 aliphatic carbocycles. The maximum Gasteiger partial charge on any atom is 0.243 e. The summed E-state index contributed by atoms with van der Waals surface area (Å²) in [5, 5.41) is 6.43. The lowest BCUT2D eigenvalue weighted by Crippen LogP contribution is -2.20. The van der Waals surface area contributed by atoms with E-state index in [1.54, 1.807) is 0 Å². The summed E-state index contributed by atoms with van der Waals surface area (Å²) in [5.74, 6) is 0.543. The van der Waals surface area contributed by atoms with Crippen molar-refractivity contribution in [1.82, 2.24) is 10.5 Å². The molecule has 13 heavy (non-hydrogen) atoms. The van der Waals surface area contributed by atoms with Crippen molar-refractivity contribution < 1.29 is 9.32 Å². The Labute approximate surface area is 76.6 Å². The Morgan fingerprint density at radius 3 is 2.85 bits per heavy atom. The van der Waals surface area contributed by atoms with Crippen LogP contribution in [-0.4, -0.2) is 11.1 Å². The van der Waals surface area contributed by atoms with Crippen LogP contribution in [0.2, 0.25) is 0 Å². The zero-order chi connectivity index (χ0) is 9.84. The standard InChI is InChI=1S/C9H12N2O2/c1-4-9(12)10-5-8-6(2)11-13-7(8)3/h4H,1,5H2,2-3H3,(H,10,12). The van der Waals surface area contributed by atoms with Crippen molar-refractivity contribution in [3.8, 4) is 0 Å². The monoisotopic (exact) mass is 180 g/mol. The van der Waals surface area contributed by atoms with Gasteiger partial charge in [-0.3, -0.25) is 4.79 Å². The molecule has 4 heteroatoms. The number of aromatic nitrogens is 1. The highest BCUT2D eigenvalue weighted by atomic mass is 16.5. The number of carbonyl (C=O) groups excluding carboxylic acids is 1. The van der Waals surface area contributed by atoms with Crippen molar-refractivity contribution in [3.05, 3.63) is 29.7 Å². The van der Waals surface area contributed by atoms with E-state index >= 15 is 0 Å². The van der Waals surface area contributed by atoms with Crippen LogP contribution < -0.4 is 5.32 Å². The minimum atomic E-state index is -0.194. The molecule has 0 saturated carbocycles. The molecule has 4 nitrogen and oxygen atoms in total. The van der Waals surface area contributed by atoms with E-state index in [-0.39, 0.29) is 5.91 Å². The van der Waals surface area contributed by atoms with Gasteiger partial charge < -0.3 is 9.84 Å². The van der Waals surface area contributed by atoms with Crippen LogP contribution >= 0.6 is 0 Å². The fourth-order valence-corrected chi connectivity index (χ4v) is 1.00. The van der Waals surface area contributed by atoms with Crippen molar-refractivity contribution in [2.24, 2.45) is 0 Å². The number of nitrogens with one attached hydrogen (secondary N) is 1. The van der Waals surface area contributed by atoms with E-state index in [0.717, 1.165) is 17.0 Å². The second kappa shape index (κ2) is 3.89. The molecule has 0 bridgehead atoms. The Bertz CT molecular complexity index is 309. The SMILES string of the molecule is C=CC(=O)NCc1c(C)noc1C. The van der Waals surface area contributed by atoms with E-state index in [9.17, 15) is 4.79 Å². The summed E-state index contributed by atoms with van der Waals surface area (Å²) in [6.07, 6.45) is 1.23. The summed E-state index contributed by atoms with van der Waals surface area (Å²) >= 11 is 0. The number of rotatable bonds is 3. The molecule has 0 spiro atoms. The average molecular weight is 180 g/mol. The lowest BCUT2D eigenvalue weighted by atomic mass is 10.2. The van der Waals surface area contributed by atoms with Gasteiger partial charge in [0.1, 0.15) is 5.76 Å². The van der Waals surface area contributed by atoms with Gasteiger partial charge in [0.2, 0.25) is 5.91 Å². The van der Waals surface area contributed by atoms with Crippen LogP contribution in [0.3, 0.4) is 0 Å². The molecule has 1 rings (SSSR count). The van der Waals surface area contributed by atoms with E-state index in [2.05, 4.69) is 17.1 Å². The Kier molecular flexibility index (Phi) is 2.84. The topological polar surface area (TPSA) is 55.1 Å². The number of nitrogens with zero attached hydrogens (tertiary/aromatic N) is 1. The third-order valence-electron chi connectivity index (χ3n) is 1.81. The van der Waals surface area contributed by atoms with Crippen LogP contribution in [0.25, 0.3) is 0 Å². The van der Waals surface area contributed by atoms with Crippen LogP contribution in [0.4, 0.5) is 0 Å². The molecule has 1 heterocycles. The molecule has 0 aromatic carbocycles. The molecule has 0 atom stereocenters. The van der Waals surface area contributed by atoms with Gasteiger partial charge in [-0.1, -0.05) is 11.7 Å². The first-order valence-corrected chi connectivity index (χ1v) is 3.97. The minimum Gasteiger partial charge on any atom is -0.361 e. The van der Waals surface area contributed by atoms with E-state index in [4.69, 9.17) is 4.52 Å². The summed E-state index contributed by atoms with van der Waals surface area (Å²) < 4.78 is 4.93. The molecule has 0 radical (unpaired) electrons. The van der Waals surface area contributed by atoms with Gasteiger partial charge in [0.05, 0.1) is 5.69 Å². The zero-order valence-corrected chi connectivity index (χ0v) is 7.76. The zero-order valence-electron chi connectivity index (χ0n) is 7.76. The molecule has 0 unspecified atom stereocenters. The molecule has 0 saturated heterocycles. The van der Waals surface area contributed by atoms with Crippen molar-refractivity contribution in [2.45, 2.75) is 20.4 Å². The van der Waals surface area contributed by atoms with Gasteiger partial charge in [-0.2, -0.15) is 0 Å². The molecular weight excluding hydrogens is 168 g/mol. The van der Waals surface area contributed by atoms with Gasteiger partial charge >= 0.3 is 0 Å². The molecule has 0 aliphatic rings. The highest BCUT2D eigenvalue weighted by Crippen LogP contribution is 2.11. The van der Waals surface area contributed by atoms with Gasteiger partial charge in [0.15, 0.2) is 0 Å². The van der Waals surface area contributed by atoms with Gasteiger partial charge in [-0.15, -0.1) is 0 Å². The molecule has 1 amide bonds. The van der Waals surface area contributed by atoms with Crippen LogP contribution in [0.15, 0.2) is 17.2 Å². The number of carbonyl (C=O) groups is 1. The summed E-state index contributed by atoms with van der Waals surface area (Å²) in [7, 11) is 0. The van der Waals surface area contributed by atoms with E-state index in [0.29, 0.717) is 6.54 Å². The predicted octanol–water partition coefficient (Wildman–Crippen LogP) is 1.09. The largest absolute Gasteiger partial charge is 0.361 e. The van der Waals surface area contributed by atoms with Crippen molar-refractivity contribution >= 4 is 5.91 Å². The first kappa shape index (κ1) is 9.51. The molecule has 70 valence electrons. The maximum atomic E-state index is 10.8. The second-order valence-corrected chi connectivity index (χ2v) is 2.72. The molecule has 0 fully saturated rings. The quantitative estimate of drug-likeness (QED) is 0.708. The first-order chi connectivity index (χ1) is 6.15. The Morgan fingerprint density at radius 2 is 2.38 bits per heavy atom. The van der Waals surface area contributed by atoms with E-state index in [1.807, 2.05) is 13.8 Å². The third-order valence-corrected chi connectivity index (χ3v) is 1.81. The lowest BCUT2D eigenvalue weighted by molar-refractivity contribution is -0.116. The van der Waals surface area contributed by atoms with Crippen molar-refractivity contribution in [1.29, 1.82) is 0 Å². The van der Waals surface area contributed by atoms with Gasteiger partial charge in [0, 0.05) is 12.1 Å². The van der Waals surface area contributed by atoms with Crippen LogP contribution in [0.5, 0.6) is 0 Å². The van der Waals surface area contributed by atoms with Crippen LogP contribution in [-0.2, 0) is 11.3 Å². The first-order valence-electron chi connectivity index (χ1n) is 3.97. The summed E-state index contributed by atoms with van der Waals surface area (Å²) in [6, 6.07) is 0. The minimum absolute atomic E-state index is 0.194. The molecule has 1 aromatic rings. The maximum absolute atomic E-state index is 10.8. The fraction of sp³-hybridized carbons (Fsp3) is 0.333. The molecule has 1 N–H and O–H groups in total. The Hall–Kier alpha value is -1.58. The summed E-state index contributed by atoms with van der Waals surface area (Å²) in [6.45, 7) is 7.44. The highest BCUT2D eigenvalue weighted by molar-refractivity contribution is 5.86. The van der Waals surface area contributed by atoms with Gasteiger partial charge in [-0.05, 0) is 19.9 Å². The van der Waals surface area contributed by atoms with Crippen LogP contribution in [0.1, 0.15) is 17.0 Å². The number of hydrogen-bond donors (Lipinski definition) is 1. The summed E-state index contributed by atoms with van der Waals surface area (Å²) in [5.41, 5.74) is 1.73.